The van der Waals surface area contributed by atoms with Crippen molar-refractivity contribution >= 4 is 16.5 Å². The number of nitrogens with one attached hydrogen (secondary N) is 1. The molecule has 3 aromatic carbocycles. The van der Waals surface area contributed by atoms with E-state index in [0.29, 0.717) is 0 Å². The van der Waals surface area contributed by atoms with Crippen LogP contribution in [-0.2, 0) is 0 Å². The Kier molecular flexibility index (Phi) is 4.25. The number of benzene rings is 3. The summed E-state index contributed by atoms with van der Waals surface area (Å²) < 4.78 is 8.00. The first kappa shape index (κ1) is 17.8. The first-order chi connectivity index (χ1) is 14.2. The zero-order valence-electron chi connectivity index (χ0n) is 16.5. The highest BCUT2D eigenvalue weighted by molar-refractivity contribution is 5.90. The zero-order valence-corrected chi connectivity index (χ0v) is 16.5. The quantitative estimate of drug-likeness (QED) is 0.536. The highest BCUT2D eigenvalue weighted by Gasteiger charge is 2.30. The van der Waals surface area contributed by atoms with E-state index >= 15 is 0 Å². The van der Waals surface area contributed by atoms with Crippen LogP contribution in [0.15, 0.2) is 60.7 Å². The van der Waals surface area contributed by atoms with E-state index in [0.717, 1.165) is 44.7 Å². The number of nitrogens with zero attached hydrogens (tertiary/aromatic N) is 2. The lowest BCUT2D eigenvalue weighted by Gasteiger charge is -2.32. The minimum Gasteiger partial charge on any atom is -0.491 e. The van der Waals surface area contributed by atoms with Gasteiger partial charge in [-0.3, -0.25) is 0 Å². The fraction of sp³-hybridized carbons (Fsp3) is 0.208. The van der Waals surface area contributed by atoms with Gasteiger partial charge in [0.25, 0.3) is 0 Å². The van der Waals surface area contributed by atoms with E-state index in [1.54, 1.807) is 0 Å². The van der Waals surface area contributed by atoms with Gasteiger partial charge in [0.15, 0.2) is 6.17 Å². The summed E-state index contributed by atoms with van der Waals surface area (Å²) in [6.45, 7) is 4.36. The van der Waals surface area contributed by atoms with Crippen LogP contribution >= 0.6 is 0 Å². The maximum Gasteiger partial charge on any atom is 0.151 e. The Balaban J connectivity index is 1.78. The van der Waals surface area contributed by atoms with Crippen LogP contribution < -0.4 is 10.1 Å². The van der Waals surface area contributed by atoms with Crippen LogP contribution in [0, 0.1) is 13.8 Å². The van der Waals surface area contributed by atoms with E-state index in [2.05, 4.69) is 54.7 Å². The molecule has 146 valence electrons. The molecule has 0 unspecified atom stereocenters. The van der Waals surface area contributed by atoms with Gasteiger partial charge in [0.1, 0.15) is 12.4 Å². The van der Waals surface area contributed by atoms with Crippen molar-refractivity contribution < 1.29 is 9.84 Å². The Morgan fingerprint density at radius 2 is 1.93 bits per heavy atom. The molecule has 5 rings (SSSR count). The number of fused-ring (bicyclic) bond motifs is 4. The summed E-state index contributed by atoms with van der Waals surface area (Å²) >= 11 is 0. The predicted octanol–water partition coefficient (Wildman–Crippen LogP) is 4.66. The van der Waals surface area contributed by atoms with E-state index < -0.39 is 0 Å². The molecule has 0 fully saturated rings. The Bertz CT molecular complexity index is 1210. The van der Waals surface area contributed by atoms with Gasteiger partial charge in [-0.2, -0.15) is 5.10 Å². The van der Waals surface area contributed by atoms with Gasteiger partial charge < -0.3 is 15.2 Å². The van der Waals surface area contributed by atoms with Crippen LogP contribution in [0.5, 0.6) is 5.75 Å². The normalized spacial score (nSPS) is 14.9. The highest BCUT2D eigenvalue weighted by Crippen LogP contribution is 2.44. The first-order valence-corrected chi connectivity index (χ1v) is 9.85. The summed E-state index contributed by atoms with van der Waals surface area (Å²) in [7, 11) is 0. The highest BCUT2D eigenvalue weighted by atomic mass is 16.5. The summed E-state index contributed by atoms with van der Waals surface area (Å²) in [6, 6.07) is 20.8. The van der Waals surface area contributed by atoms with Crippen molar-refractivity contribution in [3.63, 3.8) is 0 Å². The standard InChI is InChI=1S/C24H23N3O2/c1-15-6-5-9-19-20-14-16(2)26-27(20)24(25-23(15)19)22-18-8-4-3-7-17(18)10-11-21(22)29-13-12-28/h3-11,14,24-25,28H,12-13H2,1-2H3/t24-/m1/s1. The number of aromatic nitrogens is 2. The second-order valence-electron chi connectivity index (χ2n) is 7.43. The molecule has 4 aromatic rings. The minimum absolute atomic E-state index is 0.0293. The molecule has 1 aromatic heterocycles. The number of aliphatic hydroxyl groups excluding tert-OH is 1. The summed E-state index contributed by atoms with van der Waals surface area (Å²) in [5, 5.41) is 20.1. The molecule has 0 bridgehead atoms. The molecule has 1 aliphatic rings. The third-order valence-corrected chi connectivity index (χ3v) is 5.49. The average Bonchev–Trinajstić information content (AvgIpc) is 3.13. The van der Waals surface area contributed by atoms with Crippen molar-refractivity contribution in [2.24, 2.45) is 0 Å². The van der Waals surface area contributed by atoms with Crippen LogP contribution in [0.25, 0.3) is 22.0 Å². The van der Waals surface area contributed by atoms with Gasteiger partial charge in [0, 0.05) is 16.8 Å². The molecule has 0 radical (unpaired) electrons. The van der Waals surface area contributed by atoms with E-state index in [9.17, 15) is 5.11 Å². The van der Waals surface area contributed by atoms with Gasteiger partial charge in [-0.1, -0.05) is 48.5 Å². The van der Waals surface area contributed by atoms with Crippen LogP contribution in [0.3, 0.4) is 0 Å². The van der Waals surface area contributed by atoms with Crippen molar-refractivity contribution in [1.82, 2.24) is 9.78 Å². The maximum absolute atomic E-state index is 9.31. The molecule has 1 atom stereocenters. The van der Waals surface area contributed by atoms with Crippen molar-refractivity contribution in [3.8, 4) is 17.0 Å². The van der Waals surface area contributed by atoms with Crippen LogP contribution in [0.4, 0.5) is 5.69 Å². The average molecular weight is 385 g/mol. The molecule has 0 spiro atoms. The number of hydrogen-bond donors (Lipinski definition) is 2. The number of aliphatic hydroxyl groups is 1. The molecule has 5 nitrogen and oxygen atoms in total. The minimum atomic E-state index is -0.216. The van der Waals surface area contributed by atoms with E-state index in [1.807, 2.05) is 29.8 Å². The van der Waals surface area contributed by atoms with E-state index in [-0.39, 0.29) is 19.4 Å². The largest absolute Gasteiger partial charge is 0.491 e. The fourth-order valence-electron chi connectivity index (χ4n) is 4.22. The smallest absolute Gasteiger partial charge is 0.151 e. The number of hydrogen-bond acceptors (Lipinski definition) is 4. The number of aryl methyl sites for hydroxylation is 2. The monoisotopic (exact) mass is 385 g/mol. The summed E-state index contributed by atoms with van der Waals surface area (Å²) in [5.41, 5.74) is 6.54. The molecule has 0 aliphatic carbocycles. The molecule has 1 aliphatic heterocycles. The molecule has 29 heavy (non-hydrogen) atoms. The topological polar surface area (TPSA) is 59.3 Å². The zero-order chi connectivity index (χ0) is 20.0. The third kappa shape index (κ3) is 2.86. The number of anilines is 1. The second-order valence-corrected chi connectivity index (χ2v) is 7.43. The first-order valence-electron chi connectivity index (χ1n) is 9.85. The number of ether oxygens (including phenoxy) is 1. The number of para-hydroxylation sites is 1. The van der Waals surface area contributed by atoms with Crippen molar-refractivity contribution in [2.75, 3.05) is 18.5 Å². The van der Waals surface area contributed by atoms with Crippen LogP contribution in [0.1, 0.15) is 23.0 Å². The van der Waals surface area contributed by atoms with Gasteiger partial charge in [0.2, 0.25) is 0 Å². The molecule has 0 saturated carbocycles. The fourth-order valence-corrected chi connectivity index (χ4v) is 4.22. The van der Waals surface area contributed by atoms with Gasteiger partial charge in [-0.15, -0.1) is 0 Å². The summed E-state index contributed by atoms with van der Waals surface area (Å²) in [6.07, 6.45) is -0.216. The Labute approximate surface area is 169 Å². The Hall–Kier alpha value is -3.31. The van der Waals surface area contributed by atoms with Gasteiger partial charge in [-0.05, 0) is 42.3 Å². The Morgan fingerprint density at radius 3 is 2.79 bits per heavy atom. The second kappa shape index (κ2) is 6.94. The van der Waals surface area contributed by atoms with Gasteiger partial charge >= 0.3 is 0 Å². The lowest BCUT2D eigenvalue weighted by molar-refractivity contribution is 0.199. The summed E-state index contributed by atoms with van der Waals surface area (Å²) in [4.78, 5) is 0. The predicted molar refractivity (Wildman–Crippen MR) is 115 cm³/mol. The lowest BCUT2D eigenvalue weighted by Crippen LogP contribution is -2.27. The number of rotatable bonds is 4. The molecule has 2 N–H and O–H groups in total. The van der Waals surface area contributed by atoms with Crippen molar-refractivity contribution in [3.05, 3.63) is 77.5 Å². The molecular weight excluding hydrogens is 362 g/mol. The van der Waals surface area contributed by atoms with E-state index in [4.69, 9.17) is 9.84 Å². The third-order valence-electron chi connectivity index (χ3n) is 5.49. The molecular formula is C24H23N3O2. The SMILES string of the molecule is Cc1cc2n(n1)[C@H](c1c(OCCO)ccc3ccccc13)Nc1c(C)cccc1-2. The molecule has 0 amide bonds. The van der Waals surface area contributed by atoms with Crippen LogP contribution in [-0.4, -0.2) is 28.1 Å². The molecule has 0 saturated heterocycles. The molecule has 2 heterocycles. The lowest BCUT2D eigenvalue weighted by atomic mass is 9.97. The van der Waals surface area contributed by atoms with Gasteiger partial charge in [-0.25, -0.2) is 4.68 Å². The maximum atomic E-state index is 9.31. The molecule has 5 heteroatoms. The summed E-state index contributed by atoms with van der Waals surface area (Å²) in [5.74, 6) is 0.756. The van der Waals surface area contributed by atoms with Crippen molar-refractivity contribution in [1.29, 1.82) is 0 Å². The van der Waals surface area contributed by atoms with Crippen LogP contribution in [0.2, 0.25) is 0 Å². The van der Waals surface area contributed by atoms with E-state index in [1.165, 1.54) is 5.56 Å². The Morgan fingerprint density at radius 1 is 1.07 bits per heavy atom. The van der Waals surface area contributed by atoms with Gasteiger partial charge in [0.05, 0.1) is 18.0 Å². The van der Waals surface area contributed by atoms with Crippen molar-refractivity contribution in [2.45, 2.75) is 20.0 Å².